The first-order chi connectivity index (χ1) is 13.8. The van der Waals surface area contributed by atoms with Gasteiger partial charge in [-0.15, -0.1) is 0 Å². The van der Waals surface area contributed by atoms with Crippen molar-refractivity contribution in [2.45, 2.75) is 6.61 Å². The number of rotatable bonds is 3. The molecule has 136 valence electrons. The molecular weight excluding hydrogens is 346 g/mol. The first-order valence-corrected chi connectivity index (χ1v) is 9.45. The molecule has 2 aromatic carbocycles. The quantitative estimate of drug-likeness (QED) is 0.432. The van der Waals surface area contributed by atoms with E-state index in [-0.39, 0.29) is 0 Å². The highest BCUT2D eigenvalue weighted by atomic mass is 16.5. The summed E-state index contributed by atoms with van der Waals surface area (Å²) >= 11 is 0. The molecule has 4 heteroatoms. The first-order valence-electron chi connectivity index (χ1n) is 9.45. The molecule has 0 unspecified atom stereocenters. The smallest absolute Gasteiger partial charge is 0.120 e. The number of aromatic nitrogens is 3. The summed E-state index contributed by atoms with van der Waals surface area (Å²) in [5.74, 6) is 0.886. The van der Waals surface area contributed by atoms with Gasteiger partial charge in [-0.3, -0.25) is 0 Å². The van der Waals surface area contributed by atoms with Gasteiger partial charge in [0.25, 0.3) is 0 Å². The van der Waals surface area contributed by atoms with Crippen molar-refractivity contribution in [2.24, 2.45) is 7.05 Å². The van der Waals surface area contributed by atoms with E-state index in [9.17, 15) is 0 Å². The second kappa shape index (κ2) is 5.67. The molecule has 0 aliphatic carbocycles. The minimum atomic E-state index is 0.568. The predicted molar refractivity (Wildman–Crippen MR) is 114 cm³/mol. The Kier molecular flexibility index (Phi) is 3.12. The predicted octanol–water partition coefficient (Wildman–Crippen LogP) is 5.64. The molecule has 0 bridgehead atoms. The number of hydrogen-bond donors (Lipinski definition) is 1. The fourth-order valence-electron chi connectivity index (χ4n) is 4.22. The normalized spacial score (nSPS) is 11.9. The molecule has 0 aliphatic heterocycles. The van der Waals surface area contributed by atoms with E-state index in [0.717, 1.165) is 11.3 Å². The van der Waals surface area contributed by atoms with Crippen LogP contribution >= 0.6 is 0 Å². The lowest BCUT2D eigenvalue weighted by molar-refractivity contribution is 0.306. The molecular formula is C24H19N3O. The Morgan fingerprint density at radius 1 is 0.893 bits per heavy atom. The highest BCUT2D eigenvalue weighted by Crippen LogP contribution is 2.37. The van der Waals surface area contributed by atoms with Crippen molar-refractivity contribution in [2.75, 3.05) is 0 Å². The number of aryl methyl sites for hydroxylation is 1. The summed E-state index contributed by atoms with van der Waals surface area (Å²) in [6.45, 7) is 0.568. The van der Waals surface area contributed by atoms with E-state index < -0.39 is 0 Å². The molecule has 0 spiro atoms. The van der Waals surface area contributed by atoms with Gasteiger partial charge in [-0.2, -0.15) is 0 Å². The molecule has 4 nitrogen and oxygen atoms in total. The van der Waals surface area contributed by atoms with Crippen LogP contribution in [0.2, 0.25) is 0 Å². The van der Waals surface area contributed by atoms with Crippen molar-refractivity contribution in [3.63, 3.8) is 0 Å². The lowest BCUT2D eigenvalue weighted by Gasteiger charge is -2.06. The molecule has 6 aromatic rings. The summed E-state index contributed by atoms with van der Waals surface area (Å²) in [5.41, 5.74) is 5.87. The zero-order valence-electron chi connectivity index (χ0n) is 15.5. The van der Waals surface area contributed by atoms with Crippen molar-refractivity contribution < 1.29 is 4.74 Å². The number of H-pyrrole nitrogens is 1. The molecule has 0 saturated carbocycles. The van der Waals surface area contributed by atoms with Crippen LogP contribution in [0.15, 0.2) is 79.3 Å². The third-order valence-electron chi connectivity index (χ3n) is 5.49. The van der Waals surface area contributed by atoms with Gasteiger partial charge in [-0.05, 0) is 35.9 Å². The summed E-state index contributed by atoms with van der Waals surface area (Å²) in [5, 5.41) is 3.69. The molecule has 1 N–H and O–H groups in total. The van der Waals surface area contributed by atoms with Crippen molar-refractivity contribution in [1.82, 2.24) is 14.0 Å². The largest absolute Gasteiger partial charge is 0.489 e. The maximum Gasteiger partial charge on any atom is 0.120 e. The van der Waals surface area contributed by atoms with Gasteiger partial charge in [0.2, 0.25) is 0 Å². The van der Waals surface area contributed by atoms with Crippen molar-refractivity contribution in [1.29, 1.82) is 0 Å². The molecule has 6 rings (SSSR count). The number of pyridine rings is 1. The maximum absolute atomic E-state index is 6.08. The van der Waals surface area contributed by atoms with Gasteiger partial charge in [0, 0.05) is 47.3 Å². The van der Waals surface area contributed by atoms with Gasteiger partial charge in [0.15, 0.2) is 0 Å². The van der Waals surface area contributed by atoms with E-state index in [4.69, 9.17) is 4.74 Å². The summed E-state index contributed by atoms with van der Waals surface area (Å²) in [6, 6.07) is 20.8. The Morgan fingerprint density at radius 2 is 1.79 bits per heavy atom. The van der Waals surface area contributed by atoms with Crippen LogP contribution in [-0.4, -0.2) is 14.0 Å². The number of ether oxygens (including phenoxy) is 1. The molecule has 4 heterocycles. The number of fused-ring (bicyclic) bond motifs is 8. The Morgan fingerprint density at radius 3 is 2.68 bits per heavy atom. The zero-order chi connectivity index (χ0) is 18.7. The number of nitrogens with one attached hydrogen (secondary N) is 1. The van der Waals surface area contributed by atoms with Crippen molar-refractivity contribution in [3.8, 4) is 5.75 Å². The molecule has 0 fully saturated rings. The van der Waals surface area contributed by atoms with Crippen molar-refractivity contribution >= 4 is 38.2 Å². The Balaban J connectivity index is 1.57. The van der Waals surface area contributed by atoms with E-state index in [2.05, 4.69) is 76.0 Å². The van der Waals surface area contributed by atoms with Crippen LogP contribution in [0.3, 0.4) is 0 Å². The summed E-state index contributed by atoms with van der Waals surface area (Å²) < 4.78 is 10.5. The van der Waals surface area contributed by atoms with Gasteiger partial charge in [-0.25, -0.2) is 0 Å². The van der Waals surface area contributed by atoms with Crippen LogP contribution in [0.25, 0.3) is 38.2 Å². The van der Waals surface area contributed by atoms with Gasteiger partial charge in [0.1, 0.15) is 12.4 Å². The average Bonchev–Trinajstić information content (AvgIpc) is 3.42. The SMILES string of the molecule is Cn1cc2c3c4cc(OCc5ccccc5)ccc4[nH]c3c3cccn3c2c1. The van der Waals surface area contributed by atoms with Crippen LogP contribution < -0.4 is 4.74 Å². The van der Waals surface area contributed by atoms with Crippen molar-refractivity contribution in [3.05, 3.63) is 84.8 Å². The molecule has 0 aliphatic rings. The third-order valence-corrected chi connectivity index (χ3v) is 5.49. The summed E-state index contributed by atoms with van der Waals surface area (Å²) in [7, 11) is 2.07. The summed E-state index contributed by atoms with van der Waals surface area (Å²) in [6.07, 6.45) is 6.50. The number of benzene rings is 2. The van der Waals surface area contributed by atoms with E-state index in [1.54, 1.807) is 0 Å². The minimum absolute atomic E-state index is 0.568. The van der Waals surface area contributed by atoms with Crippen LogP contribution in [0.5, 0.6) is 5.75 Å². The minimum Gasteiger partial charge on any atom is -0.489 e. The Bertz CT molecular complexity index is 1470. The second-order valence-corrected chi connectivity index (χ2v) is 7.34. The van der Waals surface area contributed by atoms with Crippen LogP contribution in [0.1, 0.15) is 5.56 Å². The van der Waals surface area contributed by atoms with E-state index >= 15 is 0 Å². The van der Waals surface area contributed by atoms with Gasteiger partial charge >= 0.3 is 0 Å². The highest BCUT2D eigenvalue weighted by Gasteiger charge is 2.15. The van der Waals surface area contributed by atoms with E-state index in [0.29, 0.717) is 6.61 Å². The first kappa shape index (κ1) is 15.4. The summed E-state index contributed by atoms with van der Waals surface area (Å²) in [4.78, 5) is 3.62. The Hall–Kier alpha value is -3.66. The zero-order valence-corrected chi connectivity index (χ0v) is 15.5. The fraction of sp³-hybridized carbons (Fsp3) is 0.0833. The van der Waals surface area contributed by atoms with Gasteiger partial charge in [-0.1, -0.05) is 30.3 Å². The number of nitrogens with zero attached hydrogens (tertiary/aromatic N) is 2. The molecule has 0 atom stereocenters. The number of hydrogen-bond acceptors (Lipinski definition) is 1. The monoisotopic (exact) mass is 365 g/mol. The molecule has 28 heavy (non-hydrogen) atoms. The number of aromatic amines is 1. The second-order valence-electron chi connectivity index (χ2n) is 7.34. The highest BCUT2D eigenvalue weighted by molar-refractivity contribution is 6.23. The molecule has 4 aromatic heterocycles. The molecule has 0 radical (unpaired) electrons. The van der Waals surface area contributed by atoms with E-state index in [1.807, 2.05) is 24.3 Å². The van der Waals surface area contributed by atoms with Crippen LogP contribution in [-0.2, 0) is 13.7 Å². The fourth-order valence-corrected chi connectivity index (χ4v) is 4.22. The Labute approximate surface area is 161 Å². The van der Waals surface area contributed by atoms with E-state index in [1.165, 1.54) is 38.3 Å². The van der Waals surface area contributed by atoms with Gasteiger partial charge < -0.3 is 18.7 Å². The van der Waals surface area contributed by atoms with Crippen LogP contribution in [0.4, 0.5) is 0 Å². The third kappa shape index (κ3) is 2.18. The molecule has 0 amide bonds. The average molecular weight is 365 g/mol. The topological polar surface area (TPSA) is 34.4 Å². The van der Waals surface area contributed by atoms with Crippen LogP contribution in [0, 0.1) is 0 Å². The molecule has 0 saturated heterocycles. The lowest BCUT2D eigenvalue weighted by atomic mass is 10.1. The standard InChI is InChI=1S/C24H19N3O/c1-26-13-19-22(14-26)27-11-5-8-21(27)24-23(19)18-12-17(9-10-20(18)25-24)28-15-16-6-3-2-4-7-16/h2-14,25H,15H2,1H3. The van der Waals surface area contributed by atoms with Gasteiger partial charge in [0.05, 0.1) is 16.6 Å². The lowest BCUT2D eigenvalue weighted by Crippen LogP contribution is -1.94. The maximum atomic E-state index is 6.08.